The third-order valence-corrected chi connectivity index (χ3v) is 4.85. The molecule has 1 N–H and O–H groups in total. The molecule has 2 aromatic carbocycles. The number of halogens is 1. The van der Waals surface area contributed by atoms with Gasteiger partial charge in [-0.3, -0.25) is 20.2 Å². The minimum absolute atomic E-state index is 0.0154. The Balaban J connectivity index is 1.76. The number of hydrogen-bond acceptors (Lipinski definition) is 5. The van der Waals surface area contributed by atoms with Crippen molar-refractivity contribution in [2.45, 2.75) is 13.3 Å². The number of aromatic nitrogens is 1. The van der Waals surface area contributed by atoms with E-state index in [4.69, 9.17) is 11.6 Å². The van der Waals surface area contributed by atoms with E-state index >= 15 is 0 Å². The fourth-order valence-corrected chi connectivity index (χ4v) is 3.60. The van der Waals surface area contributed by atoms with E-state index in [1.807, 2.05) is 18.2 Å². The van der Waals surface area contributed by atoms with Crippen LogP contribution >= 0.6 is 22.9 Å². The molecule has 8 heteroatoms. The van der Waals surface area contributed by atoms with Crippen LogP contribution < -0.4 is 5.32 Å². The van der Waals surface area contributed by atoms with Crippen LogP contribution in [0.3, 0.4) is 0 Å². The van der Waals surface area contributed by atoms with Crippen molar-refractivity contribution >= 4 is 39.7 Å². The first-order valence-corrected chi connectivity index (χ1v) is 8.88. The highest BCUT2D eigenvalue weighted by Crippen LogP contribution is 2.26. The molecule has 0 aliphatic heterocycles. The van der Waals surface area contributed by atoms with E-state index in [2.05, 4.69) is 10.3 Å². The van der Waals surface area contributed by atoms with Gasteiger partial charge >= 0.3 is 0 Å². The summed E-state index contributed by atoms with van der Waals surface area (Å²) in [5.74, 6) is -0.552. The fourth-order valence-electron chi connectivity index (χ4n) is 2.54. The first-order valence-electron chi connectivity index (χ1n) is 7.68. The summed E-state index contributed by atoms with van der Waals surface area (Å²) in [5, 5.41) is 14.9. The molecule has 3 rings (SSSR count). The first kappa shape index (κ1) is 18.0. The van der Waals surface area contributed by atoms with Crippen molar-refractivity contribution in [2.75, 3.05) is 5.32 Å². The largest absolute Gasteiger partial charge is 0.298 e. The second-order valence-electron chi connectivity index (χ2n) is 5.62. The molecular formula is C18H14ClN3O3S. The maximum absolute atomic E-state index is 12.4. The summed E-state index contributed by atoms with van der Waals surface area (Å²) in [5.41, 5.74) is 1.29. The zero-order chi connectivity index (χ0) is 18.7. The molecule has 1 aromatic heterocycles. The van der Waals surface area contributed by atoms with Crippen LogP contribution in [0.15, 0.2) is 48.7 Å². The van der Waals surface area contributed by atoms with E-state index in [-0.39, 0.29) is 11.3 Å². The highest BCUT2D eigenvalue weighted by molar-refractivity contribution is 7.15. The number of anilines is 1. The highest BCUT2D eigenvalue weighted by atomic mass is 35.5. The topological polar surface area (TPSA) is 85.1 Å². The van der Waals surface area contributed by atoms with Gasteiger partial charge in [0.15, 0.2) is 5.13 Å². The Morgan fingerprint density at radius 3 is 2.81 bits per heavy atom. The van der Waals surface area contributed by atoms with Crippen LogP contribution in [0.5, 0.6) is 0 Å². The molecule has 1 heterocycles. The lowest BCUT2D eigenvalue weighted by atomic mass is 10.1. The van der Waals surface area contributed by atoms with Gasteiger partial charge in [-0.15, -0.1) is 11.3 Å². The molecule has 0 radical (unpaired) electrons. The summed E-state index contributed by atoms with van der Waals surface area (Å²) in [4.78, 5) is 28.3. The number of amides is 1. The molecule has 0 atom stereocenters. The molecule has 6 nitrogen and oxygen atoms in total. The molecule has 0 spiro atoms. The number of nitrogens with zero attached hydrogens (tertiary/aromatic N) is 2. The minimum atomic E-state index is -0.552. The lowest BCUT2D eigenvalue weighted by Crippen LogP contribution is -2.14. The normalized spacial score (nSPS) is 10.5. The van der Waals surface area contributed by atoms with Crippen LogP contribution in [-0.2, 0) is 6.42 Å². The van der Waals surface area contributed by atoms with E-state index in [0.717, 1.165) is 10.4 Å². The van der Waals surface area contributed by atoms with E-state index in [1.165, 1.54) is 17.4 Å². The predicted molar refractivity (Wildman–Crippen MR) is 102 cm³/mol. The number of nitro groups is 1. The van der Waals surface area contributed by atoms with Crippen LogP contribution in [0.1, 0.15) is 26.4 Å². The summed E-state index contributed by atoms with van der Waals surface area (Å²) in [6.45, 7) is 1.60. The van der Waals surface area contributed by atoms with E-state index < -0.39 is 10.8 Å². The molecule has 0 saturated heterocycles. The molecule has 1 amide bonds. The summed E-state index contributed by atoms with van der Waals surface area (Å²) < 4.78 is 0. The number of benzene rings is 2. The van der Waals surface area contributed by atoms with Gasteiger partial charge in [0, 0.05) is 28.1 Å². The predicted octanol–water partition coefficient (Wildman–Crippen LogP) is 4.86. The van der Waals surface area contributed by atoms with Gasteiger partial charge in [0.1, 0.15) is 5.56 Å². The molecule has 3 aromatic rings. The zero-order valence-electron chi connectivity index (χ0n) is 13.7. The standard InChI is InChI=1S/C18H14ClN3O3S/c1-11-4-2-7-15(16(11)22(24)25)17(23)21-18-20-10-14(26-18)9-12-5-3-6-13(19)8-12/h2-8,10H,9H2,1H3,(H,20,21,23). The van der Waals surface area contributed by atoms with Gasteiger partial charge in [0.2, 0.25) is 0 Å². The average Bonchev–Trinajstić information content (AvgIpc) is 3.01. The van der Waals surface area contributed by atoms with Gasteiger partial charge in [0.25, 0.3) is 11.6 Å². The van der Waals surface area contributed by atoms with Gasteiger partial charge in [-0.1, -0.05) is 35.9 Å². The number of rotatable bonds is 5. The van der Waals surface area contributed by atoms with Gasteiger partial charge < -0.3 is 0 Å². The maximum Gasteiger partial charge on any atom is 0.285 e. The Labute approximate surface area is 158 Å². The molecule has 26 heavy (non-hydrogen) atoms. The number of aryl methyl sites for hydroxylation is 1. The first-order chi connectivity index (χ1) is 12.4. The van der Waals surface area contributed by atoms with Crippen molar-refractivity contribution in [3.8, 4) is 0 Å². The zero-order valence-corrected chi connectivity index (χ0v) is 15.3. The van der Waals surface area contributed by atoms with Crippen molar-refractivity contribution in [3.63, 3.8) is 0 Å². The van der Waals surface area contributed by atoms with Crippen molar-refractivity contribution in [1.29, 1.82) is 0 Å². The van der Waals surface area contributed by atoms with Gasteiger partial charge in [-0.2, -0.15) is 0 Å². The van der Waals surface area contributed by atoms with E-state index in [0.29, 0.717) is 22.1 Å². The average molecular weight is 388 g/mol. The number of hydrogen-bond donors (Lipinski definition) is 1. The number of para-hydroxylation sites is 1. The van der Waals surface area contributed by atoms with E-state index in [1.54, 1.807) is 31.3 Å². The van der Waals surface area contributed by atoms with Crippen molar-refractivity contribution in [2.24, 2.45) is 0 Å². The summed E-state index contributed by atoms with van der Waals surface area (Å²) >= 11 is 7.30. The fraction of sp³-hybridized carbons (Fsp3) is 0.111. The number of thiazole rings is 1. The van der Waals surface area contributed by atoms with Crippen molar-refractivity contribution < 1.29 is 9.72 Å². The Kier molecular flexibility index (Phi) is 5.29. The highest BCUT2D eigenvalue weighted by Gasteiger charge is 2.23. The van der Waals surface area contributed by atoms with Gasteiger partial charge in [-0.25, -0.2) is 4.98 Å². The molecular weight excluding hydrogens is 374 g/mol. The molecule has 132 valence electrons. The third kappa shape index (κ3) is 4.07. The molecule has 0 unspecified atom stereocenters. The molecule has 0 bridgehead atoms. The molecule has 0 saturated carbocycles. The van der Waals surface area contributed by atoms with E-state index in [9.17, 15) is 14.9 Å². The number of carbonyl (C=O) groups is 1. The van der Waals surface area contributed by atoms with Gasteiger partial charge in [0.05, 0.1) is 4.92 Å². The number of carbonyl (C=O) groups excluding carboxylic acids is 1. The van der Waals surface area contributed by atoms with Gasteiger partial charge in [-0.05, 0) is 30.7 Å². The van der Waals surface area contributed by atoms with Crippen LogP contribution in [0, 0.1) is 17.0 Å². The Hall–Kier alpha value is -2.77. The van der Waals surface area contributed by atoms with Crippen LogP contribution in [0.4, 0.5) is 10.8 Å². The smallest absolute Gasteiger partial charge is 0.285 e. The monoisotopic (exact) mass is 387 g/mol. The second-order valence-corrected chi connectivity index (χ2v) is 7.17. The lowest BCUT2D eigenvalue weighted by Gasteiger charge is -2.05. The summed E-state index contributed by atoms with van der Waals surface area (Å²) in [7, 11) is 0. The molecule has 0 aliphatic rings. The minimum Gasteiger partial charge on any atom is -0.298 e. The Bertz CT molecular complexity index is 987. The summed E-state index contributed by atoms with van der Waals surface area (Å²) in [6, 6.07) is 12.2. The maximum atomic E-state index is 12.4. The second kappa shape index (κ2) is 7.63. The van der Waals surface area contributed by atoms with Crippen LogP contribution in [0.2, 0.25) is 5.02 Å². The SMILES string of the molecule is Cc1cccc(C(=O)Nc2ncc(Cc3cccc(Cl)c3)s2)c1[N+](=O)[O-]. The molecule has 0 fully saturated rings. The van der Waals surface area contributed by atoms with Crippen molar-refractivity contribution in [3.05, 3.63) is 85.4 Å². The Morgan fingerprint density at radius 2 is 2.08 bits per heavy atom. The number of nitrogens with one attached hydrogen (secondary N) is 1. The molecule has 0 aliphatic carbocycles. The van der Waals surface area contributed by atoms with Crippen LogP contribution in [-0.4, -0.2) is 15.8 Å². The third-order valence-electron chi connectivity index (χ3n) is 3.71. The lowest BCUT2D eigenvalue weighted by molar-refractivity contribution is -0.385. The number of nitro benzene ring substituents is 1. The quantitative estimate of drug-likeness (QED) is 0.500. The van der Waals surface area contributed by atoms with Crippen molar-refractivity contribution in [1.82, 2.24) is 4.98 Å². The Morgan fingerprint density at radius 1 is 1.31 bits per heavy atom. The summed E-state index contributed by atoms with van der Waals surface area (Å²) in [6.07, 6.45) is 2.31. The van der Waals surface area contributed by atoms with Crippen LogP contribution in [0.25, 0.3) is 0 Å².